The van der Waals surface area contributed by atoms with Gasteiger partial charge in [-0.25, -0.2) is 4.98 Å². The van der Waals surface area contributed by atoms with E-state index in [1.807, 2.05) is 12.3 Å². The van der Waals surface area contributed by atoms with Crippen molar-refractivity contribution in [2.24, 2.45) is 0 Å². The maximum atomic E-state index is 4.40. The molecule has 2 aromatic heterocycles. The Kier molecular flexibility index (Phi) is 2.49. The van der Waals surface area contributed by atoms with Crippen LogP contribution < -0.4 is 0 Å². The van der Waals surface area contributed by atoms with Crippen LogP contribution in [0.5, 0.6) is 0 Å². The second-order valence-corrected chi connectivity index (χ2v) is 5.75. The lowest BCUT2D eigenvalue weighted by atomic mass is 9.94. The molecule has 1 fully saturated rings. The smallest absolute Gasteiger partial charge is 0.137 e. The monoisotopic (exact) mass is 253 g/mol. The first-order valence-electron chi connectivity index (χ1n) is 7.19. The molecule has 2 unspecified atom stereocenters. The van der Waals surface area contributed by atoms with Gasteiger partial charge in [0.05, 0.1) is 0 Å². The Labute approximate surface area is 113 Å². The molecule has 3 heteroatoms. The highest BCUT2D eigenvalue weighted by atomic mass is 15.2. The van der Waals surface area contributed by atoms with Crippen LogP contribution >= 0.6 is 0 Å². The van der Waals surface area contributed by atoms with Crippen LogP contribution in [0.15, 0.2) is 30.6 Å². The van der Waals surface area contributed by atoms with E-state index in [2.05, 4.69) is 40.3 Å². The number of fused-ring (bicyclic) bond motifs is 3. The third kappa shape index (κ3) is 1.65. The van der Waals surface area contributed by atoms with Crippen molar-refractivity contribution in [2.75, 3.05) is 7.05 Å². The van der Waals surface area contributed by atoms with E-state index in [9.17, 15) is 0 Å². The highest BCUT2D eigenvalue weighted by Crippen LogP contribution is 2.39. The summed E-state index contributed by atoms with van der Waals surface area (Å²) in [5, 5.41) is 1.26. The highest BCUT2D eigenvalue weighted by molar-refractivity contribution is 5.91. The Hall–Kier alpha value is -1.61. The minimum Gasteiger partial charge on any atom is -0.346 e. The maximum absolute atomic E-state index is 4.40. The fourth-order valence-corrected chi connectivity index (χ4v) is 3.79. The van der Waals surface area contributed by atoms with Crippen LogP contribution in [0.25, 0.3) is 16.6 Å². The minimum absolute atomic E-state index is 0.590. The van der Waals surface area contributed by atoms with Crippen molar-refractivity contribution in [2.45, 2.75) is 37.8 Å². The molecule has 2 aliphatic rings. The Morgan fingerprint density at radius 1 is 1.32 bits per heavy atom. The van der Waals surface area contributed by atoms with Gasteiger partial charge in [0.1, 0.15) is 5.65 Å². The average Bonchev–Trinajstić information content (AvgIpc) is 2.93. The molecule has 0 aliphatic carbocycles. The molecular weight excluding hydrogens is 234 g/mol. The first-order valence-corrected chi connectivity index (χ1v) is 7.19. The number of H-pyrrole nitrogens is 1. The number of pyridine rings is 1. The van der Waals surface area contributed by atoms with Crippen LogP contribution in [0.4, 0.5) is 0 Å². The van der Waals surface area contributed by atoms with Crippen LogP contribution in [0, 0.1) is 0 Å². The van der Waals surface area contributed by atoms with Gasteiger partial charge in [-0.3, -0.25) is 4.90 Å². The Morgan fingerprint density at radius 2 is 2.26 bits per heavy atom. The molecule has 4 heterocycles. The summed E-state index contributed by atoms with van der Waals surface area (Å²) in [5.41, 5.74) is 3.85. The molecule has 2 bridgehead atoms. The molecule has 2 atom stereocenters. The zero-order valence-corrected chi connectivity index (χ0v) is 11.3. The SMILES string of the molecule is CN1C2CCC=C(c3c[nH]c4ncccc34)C1CC2. The third-order valence-corrected chi connectivity index (χ3v) is 4.83. The molecule has 0 aromatic carbocycles. The third-order valence-electron chi connectivity index (χ3n) is 4.83. The Balaban J connectivity index is 1.84. The molecule has 0 saturated carbocycles. The van der Waals surface area contributed by atoms with Crippen LogP contribution in [-0.4, -0.2) is 34.0 Å². The topological polar surface area (TPSA) is 31.9 Å². The second kappa shape index (κ2) is 4.20. The van der Waals surface area contributed by atoms with E-state index in [0.717, 1.165) is 11.7 Å². The molecule has 3 nitrogen and oxygen atoms in total. The molecule has 98 valence electrons. The molecule has 19 heavy (non-hydrogen) atoms. The molecule has 0 radical (unpaired) electrons. The summed E-state index contributed by atoms with van der Waals surface area (Å²) < 4.78 is 0. The summed E-state index contributed by atoms with van der Waals surface area (Å²) in [6, 6.07) is 5.57. The van der Waals surface area contributed by atoms with Crippen molar-refractivity contribution >= 4 is 16.6 Å². The van der Waals surface area contributed by atoms with Gasteiger partial charge in [0, 0.05) is 35.4 Å². The largest absolute Gasteiger partial charge is 0.346 e. The normalized spacial score (nSPS) is 27.5. The predicted octanol–water partition coefficient (Wildman–Crippen LogP) is 3.20. The van der Waals surface area contributed by atoms with E-state index in [0.29, 0.717) is 6.04 Å². The maximum Gasteiger partial charge on any atom is 0.137 e. The van der Waals surface area contributed by atoms with E-state index >= 15 is 0 Å². The Bertz CT molecular complexity index is 640. The summed E-state index contributed by atoms with van der Waals surface area (Å²) >= 11 is 0. The van der Waals surface area contributed by atoms with Gasteiger partial charge in [-0.05, 0) is 50.4 Å². The first-order chi connectivity index (χ1) is 9.34. The molecule has 4 rings (SSSR count). The van der Waals surface area contributed by atoms with Crippen molar-refractivity contribution in [3.8, 4) is 0 Å². The number of likely N-dealkylation sites (N-methyl/N-ethyl adjacent to an activating group) is 1. The van der Waals surface area contributed by atoms with Gasteiger partial charge in [0.2, 0.25) is 0 Å². The highest BCUT2D eigenvalue weighted by Gasteiger charge is 2.35. The fourth-order valence-electron chi connectivity index (χ4n) is 3.79. The van der Waals surface area contributed by atoms with Crippen molar-refractivity contribution in [1.82, 2.24) is 14.9 Å². The quantitative estimate of drug-likeness (QED) is 0.846. The van der Waals surface area contributed by atoms with Crippen molar-refractivity contribution in [1.29, 1.82) is 0 Å². The summed E-state index contributed by atoms with van der Waals surface area (Å²) in [6.45, 7) is 0. The molecule has 1 saturated heterocycles. The summed E-state index contributed by atoms with van der Waals surface area (Å²) in [6.07, 6.45) is 11.6. The van der Waals surface area contributed by atoms with Crippen LogP contribution in [0.3, 0.4) is 0 Å². The fraction of sp³-hybridized carbons (Fsp3) is 0.438. The lowest BCUT2D eigenvalue weighted by Crippen LogP contribution is -2.31. The molecule has 2 aliphatic heterocycles. The number of nitrogens with zero attached hydrogens (tertiary/aromatic N) is 2. The van der Waals surface area contributed by atoms with Gasteiger partial charge >= 0.3 is 0 Å². The minimum atomic E-state index is 0.590. The van der Waals surface area contributed by atoms with Crippen LogP contribution in [-0.2, 0) is 0 Å². The van der Waals surface area contributed by atoms with Gasteiger partial charge < -0.3 is 4.98 Å². The molecule has 2 aromatic rings. The number of aromatic nitrogens is 2. The number of allylic oxidation sites excluding steroid dienone is 1. The standard InChI is InChI=1S/C16H19N3/c1-19-11-4-2-5-12(15(19)8-7-11)14-10-18-16-13(14)6-3-9-17-16/h3,5-6,9-11,15H,2,4,7-8H2,1H3,(H,17,18). The van der Waals surface area contributed by atoms with E-state index in [1.54, 1.807) is 0 Å². The molecular formula is C16H19N3. The molecule has 0 spiro atoms. The predicted molar refractivity (Wildman–Crippen MR) is 77.9 cm³/mol. The number of hydrogen-bond acceptors (Lipinski definition) is 2. The van der Waals surface area contributed by atoms with E-state index in [-0.39, 0.29) is 0 Å². The zero-order valence-electron chi connectivity index (χ0n) is 11.3. The van der Waals surface area contributed by atoms with Gasteiger partial charge in [-0.1, -0.05) is 6.08 Å². The summed E-state index contributed by atoms with van der Waals surface area (Å²) in [7, 11) is 2.29. The van der Waals surface area contributed by atoms with E-state index in [1.165, 1.54) is 42.2 Å². The van der Waals surface area contributed by atoms with Gasteiger partial charge in [-0.15, -0.1) is 0 Å². The second-order valence-electron chi connectivity index (χ2n) is 5.75. The van der Waals surface area contributed by atoms with Crippen molar-refractivity contribution < 1.29 is 0 Å². The molecule has 0 amide bonds. The van der Waals surface area contributed by atoms with Crippen molar-refractivity contribution in [3.63, 3.8) is 0 Å². The number of nitrogens with one attached hydrogen (secondary N) is 1. The van der Waals surface area contributed by atoms with Crippen LogP contribution in [0.2, 0.25) is 0 Å². The summed E-state index contributed by atoms with van der Waals surface area (Å²) in [4.78, 5) is 10.3. The number of aromatic amines is 1. The lowest BCUT2D eigenvalue weighted by Gasteiger charge is -2.25. The first kappa shape index (κ1) is 11.2. The Morgan fingerprint density at radius 3 is 3.21 bits per heavy atom. The lowest BCUT2D eigenvalue weighted by molar-refractivity contribution is 0.272. The summed E-state index contributed by atoms with van der Waals surface area (Å²) in [5.74, 6) is 0. The van der Waals surface area contributed by atoms with Gasteiger partial charge in [0.25, 0.3) is 0 Å². The van der Waals surface area contributed by atoms with Crippen molar-refractivity contribution in [3.05, 3.63) is 36.2 Å². The van der Waals surface area contributed by atoms with Gasteiger partial charge in [-0.2, -0.15) is 0 Å². The van der Waals surface area contributed by atoms with Gasteiger partial charge in [0.15, 0.2) is 0 Å². The van der Waals surface area contributed by atoms with E-state index < -0.39 is 0 Å². The number of hydrogen-bond donors (Lipinski definition) is 1. The average molecular weight is 253 g/mol. The van der Waals surface area contributed by atoms with E-state index in [4.69, 9.17) is 0 Å². The molecule has 1 N–H and O–H groups in total. The zero-order chi connectivity index (χ0) is 12.8. The number of rotatable bonds is 1. The van der Waals surface area contributed by atoms with Crippen LogP contribution in [0.1, 0.15) is 31.2 Å².